The molecule has 0 unspecified atom stereocenters. The third-order valence-corrected chi connectivity index (χ3v) is 6.09. The third-order valence-electron chi connectivity index (χ3n) is 5.05. The number of anilines is 1. The summed E-state index contributed by atoms with van der Waals surface area (Å²) < 4.78 is 33.4. The Bertz CT molecular complexity index is 987. The number of amides is 1. The van der Waals surface area contributed by atoms with Crippen LogP contribution in [0.25, 0.3) is 10.2 Å². The van der Waals surface area contributed by atoms with Crippen LogP contribution in [0.5, 0.6) is 0 Å². The summed E-state index contributed by atoms with van der Waals surface area (Å²) in [6.45, 7) is 4.47. The first-order valence-electron chi connectivity index (χ1n) is 9.61. The molecule has 8 heteroatoms. The average Bonchev–Trinajstić information content (AvgIpc) is 3.16. The van der Waals surface area contributed by atoms with E-state index in [1.165, 1.54) is 34.4 Å². The summed E-state index contributed by atoms with van der Waals surface area (Å²) in [5, 5.41) is 0.491. The average molecular weight is 418 g/mol. The number of para-hydroxylation sites is 1. The fourth-order valence-corrected chi connectivity index (χ4v) is 4.42. The van der Waals surface area contributed by atoms with Gasteiger partial charge in [-0.1, -0.05) is 29.5 Å². The molecule has 2 aromatic carbocycles. The summed E-state index contributed by atoms with van der Waals surface area (Å²) in [4.78, 5) is 20.5. The Balaban J connectivity index is 1.57. The number of benzene rings is 2. The van der Waals surface area contributed by atoms with E-state index < -0.39 is 5.82 Å². The predicted octanol–water partition coefficient (Wildman–Crippen LogP) is 2.07. The van der Waals surface area contributed by atoms with Gasteiger partial charge in [-0.25, -0.2) is 13.8 Å². The highest BCUT2D eigenvalue weighted by Gasteiger charge is 2.23. The summed E-state index contributed by atoms with van der Waals surface area (Å²) in [5.41, 5.74) is 1.01. The molecule has 1 aliphatic rings. The Morgan fingerprint density at radius 2 is 1.90 bits per heavy atom. The lowest BCUT2D eigenvalue weighted by Gasteiger charge is -2.27. The van der Waals surface area contributed by atoms with Gasteiger partial charge < -0.3 is 9.64 Å². The lowest BCUT2D eigenvalue weighted by Crippen LogP contribution is -3.14. The minimum Gasteiger partial charge on any atom is -0.370 e. The smallest absolute Gasteiger partial charge is 0.233 e. The molecule has 2 heterocycles. The van der Waals surface area contributed by atoms with Crippen LogP contribution in [0.15, 0.2) is 42.5 Å². The summed E-state index contributed by atoms with van der Waals surface area (Å²) in [5.74, 6) is -0.867. The molecule has 1 amide bonds. The minimum absolute atomic E-state index is 0.135. The Morgan fingerprint density at radius 3 is 2.62 bits per heavy atom. The van der Waals surface area contributed by atoms with Crippen molar-refractivity contribution in [1.29, 1.82) is 0 Å². The highest BCUT2D eigenvalue weighted by atomic mass is 32.1. The SMILES string of the molecule is O=C(Cc1ccc(F)cc1)N(CC[NH+]1CCOCC1)c1nc2c(F)cccc2s1. The third kappa shape index (κ3) is 4.77. The van der Waals surface area contributed by atoms with E-state index in [-0.39, 0.29) is 23.7 Å². The Kier molecular flexibility index (Phi) is 6.13. The van der Waals surface area contributed by atoms with Crippen molar-refractivity contribution < 1.29 is 23.2 Å². The van der Waals surface area contributed by atoms with Gasteiger partial charge in [-0.2, -0.15) is 0 Å². The van der Waals surface area contributed by atoms with Gasteiger partial charge >= 0.3 is 0 Å². The second-order valence-electron chi connectivity index (χ2n) is 7.04. The second-order valence-corrected chi connectivity index (χ2v) is 8.05. The molecular formula is C21H22F2N3O2S+. The molecule has 5 nitrogen and oxygen atoms in total. The lowest BCUT2D eigenvalue weighted by atomic mass is 10.1. The Labute approximate surface area is 171 Å². The number of rotatable bonds is 6. The van der Waals surface area contributed by atoms with Crippen molar-refractivity contribution in [3.05, 3.63) is 59.7 Å². The molecule has 152 valence electrons. The van der Waals surface area contributed by atoms with Crippen molar-refractivity contribution in [3.8, 4) is 0 Å². The zero-order chi connectivity index (χ0) is 20.2. The van der Waals surface area contributed by atoms with Crippen molar-refractivity contribution in [3.63, 3.8) is 0 Å². The number of fused-ring (bicyclic) bond motifs is 1. The summed E-state index contributed by atoms with van der Waals surface area (Å²) in [7, 11) is 0. The molecule has 0 aliphatic carbocycles. The largest absolute Gasteiger partial charge is 0.370 e. The molecule has 1 saturated heterocycles. The highest BCUT2D eigenvalue weighted by Crippen LogP contribution is 2.30. The molecule has 1 aliphatic heterocycles. The van der Waals surface area contributed by atoms with E-state index in [0.29, 0.717) is 29.6 Å². The van der Waals surface area contributed by atoms with Gasteiger partial charge in [-0.05, 0) is 29.8 Å². The lowest BCUT2D eigenvalue weighted by molar-refractivity contribution is -0.906. The first-order valence-corrected chi connectivity index (χ1v) is 10.4. The van der Waals surface area contributed by atoms with Gasteiger partial charge in [0, 0.05) is 0 Å². The van der Waals surface area contributed by atoms with Crippen LogP contribution in [0.1, 0.15) is 5.56 Å². The van der Waals surface area contributed by atoms with Crippen molar-refractivity contribution in [1.82, 2.24) is 4.98 Å². The van der Waals surface area contributed by atoms with Gasteiger partial charge in [0.1, 0.15) is 30.2 Å². The van der Waals surface area contributed by atoms with Crippen molar-refractivity contribution >= 4 is 32.6 Å². The number of thiazole rings is 1. The van der Waals surface area contributed by atoms with Crippen molar-refractivity contribution in [2.24, 2.45) is 0 Å². The van der Waals surface area contributed by atoms with E-state index >= 15 is 0 Å². The molecule has 29 heavy (non-hydrogen) atoms. The first-order chi connectivity index (χ1) is 14.1. The molecule has 0 spiro atoms. The van der Waals surface area contributed by atoms with Crippen LogP contribution in [-0.2, 0) is 16.0 Å². The van der Waals surface area contributed by atoms with Gasteiger partial charge in [-0.15, -0.1) is 0 Å². The monoisotopic (exact) mass is 418 g/mol. The maximum atomic E-state index is 14.1. The quantitative estimate of drug-likeness (QED) is 0.667. The Morgan fingerprint density at radius 1 is 1.14 bits per heavy atom. The number of aromatic nitrogens is 1. The van der Waals surface area contributed by atoms with E-state index in [1.54, 1.807) is 29.2 Å². The van der Waals surface area contributed by atoms with Crippen LogP contribution in [0, 0.1) is 11.6 Å². The molecular weight excluding hydrogens is 396 g/mol. The fraction of sp³-hybridized carbons (Fsp3) is 0.333. The van der Waals surface area contributed by atoms with Crippen LogP contribution in [-0.4, -0.2) is 50.3 Å². The molecule has 0 radical (unpaired) electrons. The van der Waals surface area contributed by atoms with E-state index in [1.807, 2.05) is 0 Å². The molecule has 1 N–H and O–H groups in total. The zero-order valence-electron chi connectivity index (χ0n) is 15.9. The number of morpholine rings is 1. The molecule has 3 aromatic rings. The predicted molar refractivity (Wildman–Crippen MR) is 108 cm³/mol. The number of hydrogen-bond donors (Lipinski definition) is 1. The topological polar surface area (TPSA) is 46.9 Å². The van der Waals surface area contributed by atoms with E-state index in [2.05, 4.69) is 4.98 Å². The van der Waals surface area contributed by atoms with Crippen LogP contribution in [0.2, 0.25) is 0 Å². The van der Waals surface area contributed by atoms with Crippen LogP contribution in [0.3, 0.4) is 0 Å². The van der Waals surface area contributed by atoms with Gasteiger partial charge in [0.25, 0.3) is 0 Å². The standard InChI is InChI=1S/C21H21F2N3O2S/c22-16-6-4-15(5-7-16)14-19(27)26(9-8-25-10-12-28-13-11-25)21-24-20-17(23)2-1-3-18(20)29-21/h1-7H,8-14H2/p+1. The number of nitrogens with one attached hydrogen (secondary N) is 1. The minimum atomic E-state index is -0.394. The van der Waals surface area contributed by atoms with E-state index in [4.69, 9.17) is 4.74 Å². The van der Waals surface area contributed by atoms with Crippen LogP contribution < -0.4 is 9.80 Å². The van der Waals surface area contributed by atoms with Crippen LogP contribution >= 0.6 is 11.3 Å². The number of nitrogens with zero attached hydrogens (tertiary/aromatic N) is 2. The molecule has 0 saturated carbocycles. The number of carbonyl (C=O) groups excluding carboxylic acids is 1. The molecule has 0 atom stereocenters. The molecule has 0 bridgehead atoms. The van der Waals surface area contributed by atoms with Crippen molar-refractivity contribution in [2.75, 3.05) is 44.3 Å². The molecule has 4 rings (SSSR count). The second kappa shape index (κ2) is 8.94. The first kappa shape index (κ1) is 19.9. The van der Waals surface area contributed by atoms with E-state index in [0.717, 1.165) is 25.2 Å². The summed E-state index contributed by atoms with van der Waals surface area (Å²) in [6, 6.07) is 10.7. The highest BCUT2D eigenvalue weighted by molar-refractivity contribution is 7.22. The van der Waals surface area contributed by atoms with Crippen molar-refractivity contribution in [2.45, 2.75) is 6.42 Å². The van der Waals surface area contributed by atoms with Gasteiger partial charge in [-0.3, -0.25) is 9.69 Å². The Hall–Kier alpha value is -2.42. The summed E-state index contributed by atoms with van der Waals surface area (Å²) >= 11 is 1.31. The van der Waals surface area contributed by atoms with Gasteiger partial charge in [0.15, 0.2) is 5.13 Å². The van der Waals surface area contributed by atoms with Gasteiger partial charge in [0.05, 0.1) is 37.4 Å². The molecule has 1 aromatic heterocycles. The molecule has 1 fully saturated rings. The fourth-order valence-electron chi connectivity index (χ4n) is 3.40. The zero-order valence-corrected chi connectivity index (χ0v) is 16.7. The maximum Gasteiger partial charge on any atom is 0.233 e. The number of hydrogen-bond acceptors (Lipinski definition) is 4. The summed E-state index contributed by atoms with van der Waals surface area (Å²) in [6.07, 6.45) is 0.136. The number of halogens is 2. The van der Waals surface area contributed by atoms with Gasteiger partial charge in [0.2, 0.25) is 5.91 Å². The number of quaternary nitrogens is 1. The number of carbonyl (C=O) groups is 1. The maximum absolute atomic E-state index is 14.1. The van der Waals surface area contributed by atoms with Crippen LogP contribution in [0.4, 0.5) is 13.9 Å². The normalized spacial score (nSPS) is 15.0. The van der Waals surface area contributed by atoms with E-state index in [9.17, 15) is 13.6 Å². The number of ether oxygens (including phenoxy) is 1.